The second-order valence-corrected chi connectivity index (χ2v) is 4.51. The Bertz CT molecular complexity index is 334. The molecule has 2 bridgehead atoms. The molecule has 4 nitrogen and oxygen atoms in total. The fourth-order valence-corrected chi connectivity index (χ4v) is 2.78. The van der Waals surface area contributed by atoms with Crippen LogP contribution < -0.4 is 0 Å². The lowest BCUT2D eigenvalue weighted by atomic mass is 9.83. The molecule has 16 heavy (non-hydrogen) atoms. The van der Waals surface area contributed by atoms with Gasteiger partial charge in [-0.05, 0) is 24.7 Å². The van der Waals surface area contributed by atoms with Crippen molar-refractivity contribution in [1.82, 2.24) is 0 Å². The van der Waals surface area contributed by atoms with Gasteiger partial charge in [-0.2, -0.15) is 0 Å². The number of carboxylic acids is 1. The average Bonchev–Trinajstić information content (AvgIpc) is 2.84. The molecule has 2 rings (SSSR count). The Hall–Kier alpha value is -1.32. The normalized spacial score (nSPS) is 35.3. The van der Waals surface area contributed by atoms with Crippen molar-refractivity contribution in [2.24, 2.45) is 23.7 Å². The third-order valence-corrected chi connectivity index (χ3v) is 3.47. The fraction of sp³-hybridized carbons (Fsp3) is 0.667. The van der Waals surface area contributed by atoms with Crippen molar-refractivity contribution in [1.29, 1.82) is 0 Å². The highest BCUT2D eigenvalue weighted by Gasteiger charge is 2.52. The van der Waals surface area contributed by atoms with Crippen LogP contribution in [0.15, 0.2) is 12.2 Å². The van der Waals surface area contributed by atoms with Crippen molar-refractivity contribution in [3.63, 3.8) is 0 Å². The summed E-state index contributed by atoms with van der Waals surface area (Å²) in [6, 6.07) is 0. The third-order valence-electron chi connectivity index (χ3n) is 3.47. The number of ether oxygens (including phenoxy) is 1. The van der Waals surface area contributed by atoms with Crippen LogP contribution >= 0.6 is 0 Å². The van der Waals surface area contributed by atoms with Crippen molar-refractivity contribution < 1.29 is 19.4 Å². The zero-order chi connectivity index (χ0) is 11.7. The summed E-state index contributed by atoms with van der Waals surface area (Å²) >= 11 is 0. The van der Waals surface area contributed by atoms with Crippen molar-refractivity contribution >= 4 is 11.9 Å². The molecular weight excluding hydrogens is 208 g/mol. The van der Waals surface area contributed by atoms with E-state index >= 15 is 0 Å². The second kappa shape index (κ2) is 4.28. The van der Waals surface area contributed by atoms with Crippen molar-refractivity contribution in [3.8, 4) is 0 Å². The van der Waals surface area contributed by atoms with Gasteiger partial charge in [0.2, 0.25) is 0 Å². The smallest absolute Gasteiger partial charge is 0.310 e. The van der Waals surface area contributed by atoms with Crippen LogP contribution in [0.2, 0.25) is 0 Å². The highest BCUT2D eigenvalue weighted by molar-refractivity contribution is 5.83. The first-order valence-corrected chi connectivity index (χ1v) is 5.73. The van der Waals surface area contributed by atoms with Crippen LogP contribution in [0, 0.1) is 23.7 Å². The van der Waals surface area contributed by atoms with Gasteiger partial charge in [-0.1, -0.05) is 19.1 Å². The lowest BCUT2D eigenvalue weighted by Crippen LogP contribution is -2.34. The highest BCUT2D eigenvalue weighted by Crippen LogP contribution is 2.48. The molecule has 0 spiro atoms. The Morgan fingerprint density at radius 3 is 2.50 bits per heavy atom. The van der Waals surface area contributed by atoms with E-state index in [1.165, 1.54) is 0 Å². The van der Waals surface area contributed by atoms with E-state index < -0.39 is 17.8 Å². The number of aliphatic carboxylic acids is 1. The van der Waals surface area contributed by atoms with E-state index in [1.807, 2.05) is 19.1 Å². The molecule has 1 N–H and O–H groups in total. The Labute approximate surface area is 94.3 Å². The zero-order valence-corrected chi connectivity index (χ0v) is 9.26. The van der Waals surface area contributed by atoms with Gasteiger partial charge >= 0.3 is 11.9 Å². The van der Waals surface area contributed by atoms with Crippen LogP contribution in [0.4, 0.5) is 0 Å². The molecule has 0 saturated heterocycles. The van der Waals surface area contributed by atoms with Gasteiger partial charge in [0, 0.05) is 0 Å². The molecule has 4 heteroatoms. The molecular formula is C12H16O4. The number of carbonyl (C=O) groups excluding carboxylic acids is 1. The number of hydrogen-bond donors (Lipinski definition) is 1. The molecule has 0 aromatic heterocycles. The van der Waals surface area contributed by atoms with Crippen LogP contribution in [0.3, 0.4) is 0 Å². The van der Waals surface area contributed by atoms with E-state index in [2.05, 4.69) is 0 Å². The van der Waals surface area contributed by atoms with Gasteiger partial charge < -0.3 is 9.84 Å². The topological polar surface area (TPSA) is 63.6 Å². The van der Waals surface area contributed by atoms with Crippen LogP contribution in [0.1, 0.15) is 19.8 Å². The summed E-state index contributed by atoms with van der Waals surface area (Å²) in [6.07, 6.45) is 5.43. The Morgan fingerprint density at radius 2 is 1.94 bits per heavy atom. The molecule has 4 atom stereocenters. The third kappa shape index (κ3) is 1.72. The molecule has 0 unspecified atom stereocenters. The number of hydrogen-bond acceptors (Lipinski definition) is 3. The monoisotopic (exact) mass is 224 g/mol. The van der Waals surface area contributed by atoms with E-state index in [0.29, 0.717) is 6.61 Å². The Kier molecular flexibility index (Phi) is 2.99. The minimum Gasteiger partial charge on any atom is -0.481 e. The van der Waals surface area contributed by atoms with Gasteiger partial charge in [0.15, 0.2) is 0 Å². The standard InChI is InChI=1S/C12H16O4/c1-2-5-16-12(15)10-8-4-3-7(6-8)9(10)11(13)14/h3-4,7-10H,2,5-6H2,1H3,(H,13,14)/t7-,8-,9+,10+/m0/s1. The predicted molar refractivity (Wildman–Crippen MR) is 56.6 cm³/mol. The molecule has 1 saturated carbocycles. The highest BCUT2D eigenvalue weighted by atomic mass is 16.5. The molecule has 0 aromatic carbocycles. The molecule has 0 aromatic rings. The minimum absolute atomic E-state index is 0.0154. The van der Waals surface area contributed by atoms with Crippen LogP contribution in [-0.2, 0) is 14.3 Å². The maximum absolute atomic E-state index is 11.8. The van der Waals surface area contributed by atoms with Gasteiger partial charge in [-0.15, -0.1) is 0 Å². The lowest BCUT2D eigenvalue weighted by molar-refractivity contribution is -0.158. The number of carboxylic acid groups (broad SMARTS) is 1. The largest absolute Gasteiger partial charge is 0.481 e. The molecule has 2 aliphatic carbocycles. The van der Waals surface area contributed by atoms with Gasteiger partial charge in [-0.3, -0.25) is 9.59 Å². The summed E-state index contributed by atoms with van der Waals surface area (Å²) in [5.41, 5.74) is 0. The lowest BCUT2D eigenvalue weighted by Gasteiger charge is -2.22. The Balaban J connectivity index is 2.10. The molecule has 0 radical (unpaired) electrons. The van der Waals surface area contributed by atoms with Crippen LogP contribution in [0.25, 0.3) is 0 Å². The van der Waals surface area contributed by atoms with E-state index in [1.54, 1.807) is 0 Å². The van der Waals surface area contributed by atoms with Gasteiger partial charge in [0.05, 0.1) is 18.4 Å². The van der Waals surface area contributed by atoms with Crippen molar-refractivity contribution in [2.75, 3.05) is 6.61 Å². The molecule has 88 valence electrons. The SMILES string of the molecule is CCCOC(=O)[C@H]1[C@H](C(=O)O)[C@H]2C=C[C@H]1C2. The van der Waals surface area contributed by atoms with E-state index in [0.717, 1.165) is 12.8 Å². The van der Waals surface area contributed by atoms with E-state index in [4.69, 9.17) is 9.84 Å². The minimum atomic E-state index is -0.879. The van der Waals surface area contributed by atoms with Crippen LogP contribution in [-0.4, -0.2) is 23.7 Å². The molecule has 2 aliphatic rings. The zero-order valence-electron chi connectivity index (χ0n) is 9.26. The number of rotatable bonds is 4. The average molecular weight is 224 g/mol. The maximum Gasteiger partial charge on any atom is 0.310 e. The summed E-state index contributed by atoms with van der Waals surface area (Å²) < 4.78 is 5.07. The first-order valence-electron chi connectivity index (χ1n) is 5.73. The predicted octanol–water partition coefficient (Wildman–Crippen LogP) is 1.46. The maximum atomic E-state index is 11.8. The molecule has 0 heterocycles. The van der Waals surface area contributed by atoms with Crippen molar-refractivity contribution in [2.45, 2.75) is 19.8 Å². The summed E-state index contributed by atoms with van der Waals surface area (Å²) in [5, 5.41) is 9.14. The van der Waals surface area contributed by atoms with Gasteiger partial charge in [-0.25, -0.2) is 0 Å². The second-order valence-electron chi connectivity index (χ2n) is 4.51. The van der Waals surface area contributed by atoms with Gasteiger partial charge in [0.25, 0.3) is 0 Å². The first kappa shape index (κ1) is 11.2. The summed E-state index contributed by atoms with van der Waals surface area (Å²) in [5.74, 6) is -2.20. The summed E-state index contributed by atoms with van der Waals surface area (Å²) in [7, 11) is 0. The van der Waals surface area contributed by atoms with E-state index in [9.17, 15) is 9.59 Å². The fourth-order valence-electron chi connectivity index (χ4n) is 2.78. The molecule has 0 aliphatic heterocycles. The Morgan fingerprint density at radius 1 is 1.31 bits per heavy atom. The number of fused-ring (bicyclic) bond motifs is 2. The molecule has 0 amide bonds. The molecule has 1 fully saturated rings. The quantitative estimate of drug-likeness (QED) is 0.580. The van der Waals surface area contributed by atoms with Crippen molar-refractivity contribution in [3.05, 3.63) is 12.2 Å². The van der Waals surface area contributed by atoms with E-state index in [-0.39, 0.29) is 17.8 Å². The van der Waals surface area contributed by atoms with Crippen LogP contribution in [0.5, 0.6) is 0 Å². The summed E-state index contributed by atoms with van der Waals surface area (Å²) in [6.45, 7) is 2.30. The first-order chi connectivity index (χ1) is 7.65. The number of carbonyl (C=O) groups is 2. The number of allylic oxidation sites excluding steroid dienone is 2. The summed E-state index contributed by atoms with van der Waals surface area (Å²) in [4.78, 5) is 22.9. The van der Waals surface area contributed by atoms with Gasteiger partial charge in [0.1, 0.15) is 0 Å². The number of esters is 1.